The summed E-state index contributed by atoms with van der Waals surface area (Å²) >= 11 is 0. The number of aromatic nitrogens is 2. The summed E-state index contributed by atoms with van der Waals surface area (Å²) in [4.78, 5) is 15.2. The quantitative estimate of drug-likeness (QED) is 0.670. The van der Waals surface area contributed by atoms with E-state index in [2.05, 4.69) is 10.1 Å². The molecule has 0 aliphatic rings. The van der Waals surface area contributed by atoms with Crippen LogP contribution in [0.3, 0.4) is 0 Å². The minimum Gasteiger partial charge on any atom is -0.497 e. The topological polar surface area (TPSA) is 111 Å². The first-order chi connectivity index (χ1) is 12.5. The van der Waals surface area contributed by atoms with Crippen molar-refractivity contribution in [1.29, 1.82) is 0 Å². The SMILES string of the molecule is COc1ccc(Cc2nc(-c3ccc(C[C@H](N)C(=O)O)cc3)no2)cc1. The van der Waals surface area contributed by atoms with Gasteiger partial charge in [0.15, 0.2) is 0 Å². The zero-order chi connectivity index (χ0) is 18.5. The molecule has 1 aromatic heterocycles. The molecule has 0 aliphatic carbocycles. The van der Waals surface area contributed by atoms with E-state index >= 15 is 0 Å². The maximum Gasteiger partial charge on any atom is 0.320 e. The van der Waals surface area contributed by atoms with Crippen LogP contribution in [0.25, 0.3) is 11.4 Å². The van der Waals surface area contributed by atoms with Gasteiger partial charge in [0.05, 0.1) is 13.5 Å². The van der Waals surface area contributed by atoms with E-state index in [1.165, 1.54) is 0 Å². The number of carbonyl (C=O) groups is 1. The molecule has 1 heterocycles. The van der Waals surface area contributed by atoms with E-state index in [1.807, 2.05) is 48.5 Å². The van der Waals surface area contributed by atoms with Crippen LogP contribution in [-0.4, -0.2) is 34.4 Å². The molecule has 0 radical (unpaired) electrons. The van der Waals surface area contributed by atoms with Gasteiger partial charge in [-0.25, -0.2) is 0 Å². The molecule has 0 aliphatic heterocycles. The van der Waals surface area contributed by atoms with Crippen molar-refractivity contribution < 1.29 is 19.2 Å². The number of carboxylic acid groups (broad SMARTS) is 1. The molecule has 0 saturated heterocycles. The molecule has 7 heteroatoms. The number of aliphatic carboxylic acids is 1. The number of nitrogens with two attached hydrogens (primary N) is 1. The molecule has 0 fully saturated rings. The monoisotopic (exact) mass is 353 g/mol. The third kappa shape index (κ3) is 4.25. The minimum atomic E-state index is -1.02. The summed E-state index contributed by atoms with van der Waals surface area (Å²) in [6, 6.07) is 14.0. The highest BCUT2D eigenvalue weighted by atomic mass is 16.5. The van der Waals surface area contributed by atoms with E-state index in [0.29, 0.717) is 18.1 Å². The average molecular weight is 353 g/mol. The summed E-state index contributed by atoms with van der Waals surface area (Å²) in [6.07, 6.45) is 0.799. The Morgan fingerprint density at radius 1 is 1.15 bits per heavy atom. The largest absolute Gasteiger partial charge is 0.497 e. The Morgan fingerprint density at radius 3 is 2.42 bits per heavy atom. The summed E-state index contributed by atoms with van der Waals surface area (Å²) < 4.78 is 10.5. The highest BCUT2D eigenvalue weighted by Crippen LogP contribution is 2.19. The normalized spacial score (nSPS) is 11.9. The number of benzene rings is 2. The van der Waals surface area contributed by atoms with Crippen molar-refractivity contribution in [1.82, 2.24) is 10.1 Å². The summed E-state index contributed by atoms with van der Waals surface area (Å²) in [5, 5.41) is 12.9. The lowest BCUT2D eigenvalue weighted by molar-refractivity contribution is -0.138. The molecule has 2 aromatic carbocycles. The highest BCUT2D eigenvalue weighted by Gasteiger charge is 2.13. The standard InChI is InChI=1S/C19H19N3O4/c1-25-15-8-4-13(5-9-15)11-17-21-18(22-26-17)14-6-2-12(3-7-14)10-16(20)19(23)24/h2-9,16H,10-11,20H2,1H3,(H,23,24)/t16-/m0/s1. The fourth-order valence-corrected chi connectivity index (χ4v) is 2.49. The van der Waals surface area contributed by atoms with E-state index in [0.717, 1.165) is 22.4 Å². The number of ether oxygens (including phenoxy) is 1. The van der Waals surface area contributed by atoms with Crippen molar-refractivity contribution in [2.24, 2.45) is 5.73 Å². The summed E-state index contributed by atoms with van der Waals surface area (Å²) in [5.41, 5.74) is 8.22. The molecule has 134 valence electrons. The average Bonchev–Trinajstić information content (AvgIpc) is 3.11. The maximum absolute atomic E-state index is 10.8. The van der Waals surface area contributed by atoms with Crippen LogP contribution in [0.5, 0.6) is 5.75 Å². The second-order valence-corrected chi connectivity index (χ2v) is 5.88. The fraction of sp³-hybridized carbons (Fsp3) is 0.211. The summed E-state index contributed by atoms with van der Waals surface area (Å²) in [6.45, 7) is 0. The van der Waals surface area contributed by atoms with Crippen molar-refractivity contribution in [2.45, 2.75) is 18.9 Å². The molecular formula is C19H19N3O4. The molecule has 26 heavy (non-hydrogen) atoms. The first kappa shape index (κ1) is 17.6. The first-order valence-electron chi connectivity index (χ1n) is 8.08. The molecule has 3 aromatic rings. The predicted octanol–water partition coefficient (Wildman–Crippen LogP) is 2.29. The van der Waals surface area contributed by atoms with Gasteiger partial charge in [-0.3, -0.25) is 4.79 Å². The first-order valence-corrected chi connectivity index (χ1v) is 8.08. The lowest BCUT2D eigenvalue weighted by atomic mass is 10.0. The smallest absolute Gasteiger partial charge is 0.320 e. The van der Waals surface area contributed by atoms with Crippen LogP contribution < -0.4 is 10.5 Å². The second-order valence-electron chi connectivity index (χ2n) is 5.88. The Kier molecular flexibility index (Phi) is 5.28. The molecule has 0 saturated carbocycles. The number of nitrogens with zero attached hydrogens (tertiary/aromatic N) is 2. The zero-order valence-corrected chi connectivity index (χ0v) is 14.3. The molecule has 0 unspecified atom stereocenters. The zero-order valence-electron chi connectivity index (χ0n) is 14.3. The Hall–Kier alpha value is -3.19. The molecule has 7 nitrogen and oxygen atoms in total. The summed E-state index contributed by atoms with van der Waals surface area (Å²) in [5.74, 6) is 0.780. The molecule has 0 bridgehead atoms. The van der Waals surface area contributed by atoms with Crippen LogP contribution >= 0.6 is 0 Å². The Labute approximate surface area is 150 Å². The van der Waals surface area contributed by atoms with Crippen LogP contribution in [-0.2, 0) is 17.6 Å². The van der Waals surface area contributed by atoms with Crippen molar-refractivity contribution in [3.05, 3.63) is 65.5 Å². The predicted molar refractivity (Wildman–Crippen MR) is 94.8 cm³/mol. The molecule has 0 amide bonds. The van der Waals surface area contributed by atoms with Gasteiger partial charge in [-0.15, -0.1) is 0 Å². The highest BCUT2D eigenvalue weighted by molar-refractivity contribution is 5.73. The van der Waals surface area contributed by atoms with Gasteiger partial charge in [0.25, 0.3) is 0 Å². The van der Waals surface area contributed by atoms with Crippen molar-refractivity contribution in [2.75, 3.05) is 7.11 Å². The number of methoxy groups -OCH3 is 1. The van der Waals surface area contributed by atoms with Gasteiger partial charge in [-0.2, -0.15) is 4.98 Å². The number of hydrogen-bond donors (Lipinski definition) is 2. The Balaban J connectivity index is 1.67. The lowest BCUT2D eigenvalue weighted by Crippen LogP contribution is -2.32. The Morgan fingerprint density at radius 2 is 1.81 bits per heavy atom. The third-order valence-corrected chi connectivity index (χ3v) is 3.97. The van der Waals surface area contributed by atoms with Gasteiger partial charge >= 0.3 is 5.97 Å². The third-order valence-electron chi connectivity index (χ3n) is 3.97. The second kappa shape index (κ2) is 7.79. The van der Waals surface area contributed by atoms with Gasteiger partial charge in [0, 0.05) is 5.56 Å². The van der Waals surface area contributed by atoms with Gasteiger partial charge in [-0.1, -0.05) is 41.6 Å². The minimum absolute atomic E-state index is 0.268. The number of carboxylic acids is 1. The van der Waals surface area contributed by atoms with Gasteiger partial charge in [0.1, 0.15) is 11.8 Å². The number of rotatable bonds is 7. The van der Waals surface area contributed by atoms with E-state index < -0.39 is 12.0 Å². The van der Waals surface area contributed by atoms with Gasteiger partial charge in [-0.05, 0) is 29.7 Å². The van der Waals surface area contributed by atoms with Crippen LogP contribution in [0.15, 0.2) is 53.1 Å². The van der Waals surface area contributed by atoms with E-state index in [1.54, 1.807) is 7.11 Å². The van der Waals surface area contributed by atoms with E-state index in [4.69, 9.17) is 20.1 Å². The fourth-order valence-electron chi connectivity index (χ4n) is 2.49. The summed E-state index contributed by atoms with van der Waals surface area (Å²) in [7, 11) is 1.62. The number of hydrogen-bond acceptors (Lipinski definition) is 6. The van der Waals surface area contributed by atoms with Crippen LogP contribution in [0.4, 0.5) is 0 Å². The Bertz CT molecular complexity index is 873. The molecule has 1 atom stereocenters. The molecule has 3 rings (SSSR count). The van der Waals surface area contributed by atoms with Crippen LogP contribution in [0.1, 0.15) is 17.0 Å². The molecule has 0 spiro atoms. The molecule has 3 N–H and O–H groups in total. The van der Waals surface area contributed by atoms with E-state index in [9.17, 15) is 4.79 Å². The van der Waals surface area contributed by atoms with Gasteiger partial charge in [0.2, 0.25) is 11.7 Å². The maximum atomic E-state index is 10.8. The lowest BCUT2D eigenvalue weighted by Gasteiger charge is -2.06. The van der Waals surface area contributed by atoms with Crippen LogP contribution in [0, 0.1) is 0 Å². The van der Waals surface area contributed by atoms with Crippen LogP contribution in [0.2, 0.25) is 0 Å². The van der Waals surface area contributed by atoms with E-state index in [-0.39, 0.29) is 6.42 Å². The van der Waals surface area contributed by atoms with Crippen molar-refractivity contribution >= 4 is 5.97 Å². The van der Waals surface area contributed by atoms with Gasteiger partial charge < -0.3 is 20.1 Å². The van der Waals surface area contributed by atoms with Crippen molar-refractivity contribution in [3.63, 3.8) is 0 Å². The molecular weight excluding hydrogens is 334 g/mol. The van der Waals surface area contributed by atoms with Crippen molar-refractivity contribution in [3.8, 4) is 17.1 Å².